The molecule has 0 radical (unpaired) electrons. The first kappa shape index (κ1) is 17.0. The summed E-state index contributed by atoms with van der Waals surface area (Å²) < 4.78 is 0. The fourth-order valence-corrected chi connectivity index (χ4v) is 4.50. The van der Waals surface area contributed by atoms with E-state index in [4.69, 9.17) is 0 Å². The minimum absolute atomic E-state index is 0.0700. The molecule has 1 amide bonds. The minimum atomic E-state index is -0.0700. The molecular weight excluding hydrogens is 310 g/mol. The van der Waals surface area contributed by atoms with Crippen LogP contribution in [0.4, 0.5) is 0 Å². The standard InChI is InChI=1S/C21H31N3O/c1-21(11-14-23(16-21)15-17-5-3-2-4-6-17)22-20(25)18-9-12-24(13-10-18)19-7-8-19/h2-6,18-19H,7-16H2,1H3,(H,22,25). The molecule has 1 atom stereocenters. The van der Waals surface area contributed by atoms with Gasteiger partial charge in [-0.1, -0.05) is 30.3 Å². The van der Waals surface area contributed by atoms with Gasteiger partial charge in [0.2, 0.25) is 5.91 Å². The summed E-state index contributed by atoms with van der Waals surface area (Å²) in [5.74, 6) is 0.509. The smallest absolute Gasteiger partial charge is 0.223 e. The summed E-state index contributed by atoms with van der Waals surface area (Å²) in [7, 11) is 0. The summed E-state index contributed by atoms with van der Waals surface area (Å²) in [5, 5.41) is 3.40. The normalized spacial score (nSPS) is 29.0. The van der Waals surface area contributed by atoms with E-state index in [1.807, 2.05) is 0 Å². The Morgan fingerprint density at radius 3 is 2.52 bits per heavy atom. The zero-order valence-electron chi connectivity index (χ0n) is 15.4. The molecule has 2 saturated heterocycles. The molecule has 0 spiro atoms. The van der Waals surface area contributed by atoms with Crippen LogP contribution in [0.2, 0.25) is 0 Å². The van der Waals surface area contributed by atoms with Crippen LogP contribution in [0.15, 0.2) is 30.3 Å². The molecule has 1 aromatic carbocycles. The number of amides is 1. The van der Waals surface area contributed by atoms with Crippen LogP contribution in [0.25, 0.3) is 0 Å². The zero-order chi connectivity index (χ0) is 17.3. The molecule has 4 nitrogen and oxygen atoms in total. The fourth-order valence-electron chi connectivity index (χ4n) is 4.50. The van der Waals surface area contributed by atoms with Crippen molar-refractivity contribution in [3.05, 3.63) is 35.9 Å². The Hall–Kier alpha value is -1.39. The van der Waals surface area contributed by atoms with Gasteiger partial charge < -0.3 is 10.2 Å². The Kier molecular flexibility index (Phi) is 4.83. The number of benzene rings is 1. The van der Waals surface area contributed by atoms with Crippen molar-refractivity contribution in [3.8, 4) is 0 Å². The number of carbonyl (C=O) groups is 1. The van der Waals surface area contributed by atoms with Gasteiger partial charge in [-0.05, 0) is 57.7 Å². The average molecular weight is 341 g/mol. The lowest BCUT2D eigenvalue weighted by molar-refractivity contribution is -0.128. The van der Waals surface area contributed by atoms with Crippen molar-refractivity contribution in [2.75, 3.05) is 26.2 Å². The number of hydrogen-bond donors (Lipinski definition) is 1. The van der Waals surface area contributed by atoms with Gasteiger partial charge in [0.15, 0.2) is 0 Å². The molecule has 2 aliphatic heterocycles. The van der Waals surface area contributed by atoms with E-state index < -0.39 is 0 Å². The van der Waals surface area contributed by atoms with Crippen LogP contribution in [-0.4, -0.2) is 53.5 Å². The Morgan fingerprint density at radius 2 is 1.84 bits per heavy atom. The van der Waals surface area contributed by atoms with Crippen molar-refractivity contribution in [1.29, 1.82) is 0 Å². The molecular formula is C21H31N3O. The van der Waals surface area contributed by atoms with Crippen molar-refractivity contribution in [1.82, 2.24) is 15.1 Å². The molecule has 1 saturated carbocycles. The summed E-state index contributed by atoms with van der Waals surface area (Å²) in [4.78, 5) is 17.8. The van der Waals surface area contributed by atoms with Crippen LogP contribution in [-0.2, 0) is 11.3 Å². The van der Waals surface area contributed by atoms with E-state index in [2.05, 4.69) is 52.4 Å². The van der Waals surface area contributed by atoms with Crippen molar-refractivity contribution in [2.24, 2.45) is 5.92 Å². The lowest BCUT2D eigenvalue weighted by atomic mass is 9.93. The van der Waals surface area contributed by atoms with E-state index in [0.29, 0.717) is 5.91 Å². The van der Waals surface area contributed by atoms with E-state index in [1.165, 1.54) is 18.4 Å². The highest BCUT2D eigenvalue weighted by molar-refractivity contribution is 5.79. The number of hydrogen-bond acceptors (Lipinski definition) is 3. The monoisotopic (exact) mass is 341 g/mol. The van der Waals surface area contributed by atoms with E-state index in [1.54, 1.807) is 0 Å². The van der Waals surface area contributed by atoms with Gasteiger partial charge in [-0.15, -0.1) is 0 Å². The first-order chi connectivity index (χ1) is 12.1. The largest absolute Gasteiger partial charge is 0.349 e. The Balaban J connectivity index is 1.26. The highest BCUT2D eigenvalue weighted by Crippen LogP contribution is 2.31. The van der Waals surface area contributed by atoms with Crippen molar-refractivity contribution in [2.45, 2.75) is 57.2 Å². The van der Waals surface area contributed by atoms with Gasteiger partial charge in [0, 0.05) is 31.6 Å². The summed E-state index contributed by atoms with van der Waals surface area (Å²) >= 11 is 0. The molecule has 4 rings (SSSR count). The van der Waals surface area contributed by atoms with Crippen LogP contribution in [0.1, 0.15) is 44.6 Å². The summed E-state index contributed by atoms with van der Waals surface area (Å²) in [6, 6.07) is 11.5. The molecule has 1 aliphatic carbocycles. The van der Waals surface area contributed by atoms with Crippen molar-refractivity contribution < 1.29 is 4.79 Å². The number of carbonyl (C=O) groups excluding carboxylic acids is 1. The number of nitrogens with zero attached hydrogens (tertiary/aromatic N) is 2. The lowest BCUT2D eigenvalue weighted by Gasteiger charge is -2.34. The zero-order valence-corrected chi connectivity index (χ0v) is 15.4. The van der Waals surface area contributed by atoms with Crippen LogP contribution in [0.5, 0.6) is 0 Å². The van der Waals surface area contributed by atoms with Gasteiger partial charge in [-0.3, -0.25) is 9.69 Å². The van der Waals surface area contributed by atoms with E-state index in [0.717, 1.165) is 58.0 Å². The Morgan fingerprint density at radius 1 is 1.12 bits per heavy atom. The number of piperidine rings is 1. The van der Waals surface area contributed by atoms with Gasteiger partial charge in [0.05, 0.1) is 5.54 Å². The fraction of sp³-hybridized carbons (Fsp3) is 0.667. The second-order valence-electron chi connectivity index (χ2n) is 8.54. The van der Waals surface area contributed by atoms with Gasteiger partial charge in [0.25, 0.3) is 0 Å². The van der Waals surface area contributed by atoms with Crippen LogP contribution in [0.3, 0.4) is 0 Å². The first-order valence-corrected chi connectivity index (χ1v) is 9.94. The molecule has 25 heavy (non-hydrogen) atoms. The second-order valence-corrected chi connectivity index (χ2v) is 8.54. The lowest BCUT2D eigenvalue weighted by Crippen LogP contribution is -2.51. The SMILES string of the molecule is CC1(NC(=O)C2CCN(C3CC3)CC2)CCN(Cc2ccccc2)C1. The first-order valence-electron chi connectivity index (χ1n) is 9.94. The number of nitrogens with one attached hydrogen (secondary N) is 1. The summed E-state index contributed by atoms with van der Waals surface area (Å²) in [6.07, 6.45) is 5.85. The molecule has 1 N–H and O–H groups in total. The quantitative estimate of drug-likeness (QED) is 0.894. The maximum Gasteiger partial charge on any atom is 0.223 e. The highest BCUT2D eigenvalue weighted by Gasteiger charge is 2.38. The minimum Gasteiger partial charge on any atom is -0.349 e. The van der Waals surface area contributed by atoms with E-state index in [-0.39, 0.29) is 11.5 Å². The summed E-state index contributed by atoms with van der Waals surface area (Å²) in [5.41, 5.74) is 1.28. The Bertz CT molecular complexity index is 592. The number of rotatable bonds is 5. The topological polar surface area (TPSA) is 35.6 Å². The van der Waals surface area contributed by atoms with Gasteiger partial charge >= 0.3 is 0 Å². The maximum atomic E-state index is 12.8. The molecule has 1 unspecified atom stereocenters. The van der Waals surface area contributed by atoms with Gasteiger partial charge in [-0.25, -0.2) is 0 Å². The molecule has 4 heteroatoms. The van der Waals surface area contributed by atoms with E-state index in [9.17, 15) is 4.79 Å². The average Bonchev–Trinajstić information content (AvgIpc) is 3.40. The van der Waals surface area contributed by atoms with Crippen LogP contribution in [0, 0.1) is 5.92 Å². The summed E-state index contributed by atoms with van der Waals surface area (Å²) in [6.45, 7) is 7.43. The highest BCUT2D eigenvalue weighted by atomic mass is 16.2. The molecule has 0 bridgehead atoms. The Labute approximate surface area is 151 Å². The maximum absolute atomic E-state index is 12.8. The number of likely N-dealkylation sites (tertiary alicyclic amines) is 2. The molecule has 0 aromatic heterocycles. The predicted octanol–water partition coefficient (Wildman–Crippen LogP) is 2.64. The molecule has 136 valence electrons. The van der Waals surface area contributed by atoms with Crippen molar-refractivity contribution >= 4 is 5.91 Å². The third kappa shape index (κ3) is 4.24. The third-order valence-corrected chi connectivity index (χ3v) is 6.19. The van der Waals surface area contributed by atoms with E-state index >= 15 is 0 Å². The van der Waals surface area contributed by atoms with Gasteiger partial charge in [0.1, 0.15) is 0 Å². The molecule has 3 aliphatic rings. The molecule has 2 heterocycles. The second kappa shape index (κ2) is 7.08. The van der Waals surface area contributed by atoms with Crippen LogP contribution < -0.4 is 5.32 Å². The predicted molar refractivity (Wildman–Crippen MR) is 100 cm³/mol. The molecule has 3 fully saturated rings. The third-order valence-electron chi connectivity index (χ3n) is 6.19. The molecule has 1 aromatic rings. The van der Waals surface area contributed by atoms with Crippen molar-refractivity contribution in [3.63, 3.8) is 0 Å². The van der Waals surface area contributed by atoms with Crippen LogP contribution >= 0.6 is 0 Å². The van der Waals surface area contributed by atoms with Gasteiger partial charge in [-0.2, -0.15) is 0 Å².